The molecule has 0 aliphatic carbocycles. The third kappa shape index (κ3) is 4.27. The van der Waals surface area contributed by atoms with E-state index < -0.39 is 0 Å². The zero-order chi connectivity index (χ0) is 14.4. The van der Waals surface area contributed by atoms with Gasteiger partial charge in [0.25, 0.3) is 0 Å². The van der Waals surface area contributed by atoms with Gasteiger partial charge in [-0.15, -0.1) is 0 Å². The fourth-order valence-electron chi connectivity index (χ4n) is 2.45. The Bertz CT molecular complexity index is 382. The fraction of sp³-hybridized carbons (Fsp3) is 0.600. The van der Waals surface area contributed by atoms with E-state index >= 15 is 0 Å². The predicted octanol–water partition coefficient (Wildman–Crippen LogP) is 2.31. The molecule has 4 heteroatoms. The standard InChI is InChI=1S/C15H25FN2O/c1-11(2)18(9-6-10-19)15(12(3)17)13-7-4-5-8-14(13)16/h4-5,7-8,11-12,15,19H,6,9-10,17H2,1-3H3. The minimum absolute atomic E-state index is 0.131. The average Bonchev–Trinajstić information content (AvgIpc) is 2.35. The van der Waals surface area contributed by atoms with Gasteiger partial charge >= 0.3 is 0 Å². The molecule has 1 rings (SSSR count). The van der Waals surface area contributed by atoms with E-state index in [2.05, 4.69) is 18.7 Å². The number of halogens is 1. The highest BCUT2D eigenvalue weighted by atomic mass is 19.1. The number of nitrogens with zero attached hydrogens (tertiary/aromatic N) is 1. The van der Waals surface area contributed by atoms with Crippen LogP contribution in [0.25, 0.3) is 0 Å². The molecule has 0 radical (unpaired) electrons. The summed E-state index contributed by atoms with van der Waals surface area (Å²) in [5.74, 6) is -0.223. The second-order valence-electron chi connectivity index (χ2n) is 5.23. The summed E-state index contributed by atoms with van der Waals surface area (Å²) in [5, 5.41) is 9.01. The van der Waals surface area contributed by atoms with Crippen LogP contribution in [-0.4, -0.2) is 35.2 Å². The molecule has 0 saturated carbocycles. The van der Waals surface area contributed by atoms with E-state index in [4.69, 9.17) is 10.8 Å². The first-order chi connectivity index (χ1) is 8.99. The van der Waals surface area contributed by atoms with Crippen LogP contribution in [0.3, 0.4) is 0 Å². The molecule has 0 amide bonds. The Morgan fingerprint density at radius 3 is 2.37 bits per heavy atom. The van der Waals surface area contributed by atoms with Gasteiger partial charge in [0.15, 0.2) is 0 Å². The predicted molar refractivity (Wildman–Crippen MR) is 76.3 cm³/mol. The number of hydrogen-bond donors (Lipinski definition) is 2. The van der Waals surface area contributed by atoms with Crippen molar-refractivity contribution in [1.82, 2.24) is 4.90 Å². The van der Waals surface area contributed by atoms with Crippen molar-refractivity contribution < 1.29 is 9.50 Å². The first-order valence-corrected chi connectivity index (χ1v) is 6.85. The highest BCUT2D eigenvalue weighted by Gasteiger charge is 2.27. The Balaban J connectivity index is 3.07. The maximum atomic E-state index is 14.0. The Hall–Kier alpha value is -0.970. The number of nitrogens with two attached hydrogens (primary N) is 1. The molecule has 0 fully saturated rings. The van der Waals surface area contributed by atoms with Crippen LogP contribution < -0.4 is 5.73 Å². The van der Waals surface area contributed by atoms with Gasteiger partial charge in [-0.1, -0.05) is 18.2 Å². The molecule has 2 atom stereocenters. The lowest BCUT2D eigenvalue weighted by atomic mass is 9.97. The molecule has 1 aromatic rings. The van der Waals surface area contributed by atoms with Crippen molar-refractivity contribution in [2.45, 2.75) is 45.3 Å². The molecule has 2 unspecified atom stereocenters. The zero-order valence-electron chi connectivity index (χ0n) is 12.0. The van der Waals surface area contributed by atoms with Crippen molar-refractivity contribution in [2.75, 3.05) is 13.2 Å². The molecule has 3 N–H and O–H groups in total. The topological polar surface area (TPSA) is 49.5 Å². The Morgan fingerprint density at radius 2 is 1.89 bits per heavy atom. The Labute approximate surface area is 115 Å². The number of hydrogen-bond acceptors (Lipinski definition) is 3. The van der Waals surface area contributed by atoms with E-state index in [9.17, 15) is 4.39 Å². The van der Waals surface area contributed by atoms with Gasteiger partial charge in [-0.2, -0.15) is 0 Å². The van der Waals surface area contributed by atoms with Gasteiger partial charge in [0.05, 0.1) is 6.04 Å². The van der Waals surface area contributed by atoms with Crippen LogP contribution in [0.5, 0.6) is 0 Å². The summed E-state index contributed by atoms with van der Waals surface area (Å²) in [5.41, 5.74) is 6.71. The number of rotatable bonds is 7. The van der Waals surface area contributed by atoms with E-state index in [1.54, 1.807) is 12.1 Å². The summed E-state index contributed by atoms with van der Waals surface area (Å²) < 4.78 is 14.0. The van der Waals surface area contributed by atoms with Crippen LogP contribution in [0.1, 0.15) is 38.8 Å². The van der Waals surface area contributed by atoms with Gasteiger partial charge in [-0.3, -0.25) is 4.90 Å². The molecule has 0 aliphatic heterocycles. The molecule has 0 saturated heterocycles. The van der Waals surface area contributed by atoms with Crippen LogP contribution in [0, 0.1) is 5.82 Å². The van der Waals surface area contributed by atoms with Crippen LogP contribution in [0.15, 0.2) is 24.3 Å². The molecule has 108 valence electrons. The van der Waals surface area contributed by atoms with Crippen LogP contribution in [0.2, 0.25) is 0 Å². The van der Waals surface area contributed by atoms with Crippen molar-refractivity contribution in [1.29, 1.82) is 0 Å². The molecule has 0 aromatic heterocycles. The normalized spacial score (nSPS) is 14.9. The smallest absolute Gasteiger partial charge is 0.128 e. The monoisotopic (exact) mass is 268 g/mol. The van der Waals surface area contributed by atoms with Crippen molar-refractivity contribution in [2.24, 2.45) is 5.73 Å². The molecule has 19 heavy (non-hydrogen) atoms. The molecular formula is C15H25FN2O. The number of aliphatic hydroxyl groups is 1. The lowest BCUT2D eigenvalue weighted by Gasteiger charge is -2.37. The summed E-state index contributed by atoms with van der Waals surface area (Å²) in [6, 6.07) is 6.66. The number of benzene rings is 1. The largest absolute Gasteiger partial charge is 0.396 e. The Kier molecular flexibility index (Phi) is 6.42. The maximum absolute atomic E-state index is 14.0. The second-order valence-corrected chi connectivity index (χ2v) is 5.23. The van der Waals surface area contributed by atoms with Crippen LogP contribution in [0.4, 0.5) is 4.39 Å². The summed E-state index contributed by atoms with van der Waals surface area (Å²) in [6.45, 7) is 6.85. The molecule has 0 bridgehead atoms. The molecule has 0 heterocycles. The van der Waals surface area contributed by atoms with Gasteiger partial charge in [0.2, 0.25) is 0 Å². The van der Waals surface area contributed by atoms with E-state index in [1.807, 2.05) is 13.0 Å². The van der Waals surface area contributed by atoms with Crippen molar-refractivity contribution in [3.63, 3.8) is 0 Å². The molecular weight excluding hydrogens is 243 g/mol. The van der Waals surface area contributed by atoms with Crippen molar-refractivity contribution >= 4 is 0 Å². The SMILES string of the molecule is CC(N)C(c1ccccc1F)N(CCCO)C(C)C. The van der Waals surface area contributed by atoms with Crippen molar-refractivity contribution in [3.05, 3.63) is 35.6 Å². The molecule has 3 nitrogen and oxygen atoms in total. The molecule has 0 spiro atoms. The first-order valence-electron chi connectivity index (χ1n) is 6.85. The average molecular weight is 268 g/mol. The maximum Gasteiger partial charge on any atom is 0.128 e. The van der Waals surface area contributed by atoms with E-state index in [0.717, 1.165) is 0 Å². The lowest BCUT2D eigenvalue weighted by molar-refractivity contribution is 0.120. The summed E-state index contributed by atoms with van der Waals surface area (Å²) in [6.07, 6.45) is 0.663. The minimum atomic E-state index is -0.223. The molecule has 0 aliphatic rings. The quantitative estimate of drug-likeness (QED) is 0.798. The first kappa shape index (κ1) is 16.1. The van der Waals surface area contributed by atoms with E-state index in [1.165, 1.54) is 6.07 Å². The highest BCUT2D eigenvalue weighted by molar-refractivity contribution is 5.23. The molecule has 1 aromatic carbocycles. The third-order valence-electron chi connectivity index (χ3n) is 3.32. The van der Waals surface area contributed by atoms with Gasteiger partial charge < -0.3 is 10.8 Å². The Morgan fingerprint density at radius 1 is 1.26 bits per heavy atom. The minimum Gasteiger partial charge on any atom is -0.396 e. The van der Waals surface area contributed by atoms with Crippen molar-refractivity contribution in [3.8, 4) is 0 Å². The second kappa shape index (κ2) is 7.58. The highest BCUT2D eigenvalue weighted by Crippen LogP contribution is 2.27. The zero-order valence-corrected chi connectivity index (χ0v) is 12.0. The van der Waals surface area contributed by atoms with Gasteiger partial charge in [-0.25, -0.2) is 4.39 Å². The lowest BCUT2D eigenvalue weighted by Crippen LogP contribution is -2.44. The summed E-state index contributed by atoms with van der Waals surface area (Å²) >= 11 is 0. The number of aliphatic hydroxyl groups excluding tert-OH is 1. The van der Waals surface area contributed by atoms with Crippen LogP contribution >= 0.6 is 0 Å². The van der Waals surface area contributed by atoms with E-state index in [-0.39, 0.29) is 30.5 Å². The summed E-state index contributed by atoms with van der Waals surface area (Å²) in [7, 11) is 0. The fourth-order valence-corrected chi connectivity index (χ4v) is 2.45. The van der Waals surface area contributed by atoms with E-state index in [0.29, 0.717) is 18.5 Å². The third-order valence-corrected chi connectivity index (χ3v) is 3.32. The van der Waals surface area contributed by atoms with Gasteiger partial charge in [-0.05, 0) is 33.3 Å². The summed E-state index contributed by atoms with van der Waals surface area (Å²) in [4.78, 5) is 2.15. The van der Waals surface area contributed by atoms with Gasteiger partial charge in [0, 0.05) is 30.8 Å². The van der Waals surface area contributed by atoms with Crippen LogP contribution in [-0.2, 0) is 0 Å². The van der Waals surface area contributed by atoms with Gasteiger partial charge in [0.1, 0.15) is 5.82 Å².